The first-order chi connectivity index (χ1) is 19.3. The maximum atomic E-state index is 14.0. The van der Waals surface area contributed by atoms with Crippen LogP contribution in [0.25, 0.3) is 0 Å². The third-order valence-electron chi connectivity index (χ3n) is 7.71. The van der Waals surface area contributed by atoms with Gasteiger partial charge in [0.1, 0.15) is 0 Å². The van der Waals surface area contributed by atoms with E-state index in [4.69, 9.17) is 9.47 Å². The van der Waals surface area contributed by atoms with Gasteiger partial charge in [0.05, 0.1) is 14.2 Å². The van der Waals surface area contributed by atoms with E-state index in [0.717, 1.165) is 38.7 Å². The van der Waals surface area contributed by atoms with Gasteiger partial charge >= 0.3 is 0 Å². The average molecular weight is 555 g/mol. The van der Waals surface area contributed by atoms with Crippen molar-refractivity contribution in [1.29, 1.82) is 0 Å². The van der Waals surface area contributed by atoms with E-state index in [1.165, 1.54) is 0 Å². The third kappa shape index (κ3) is 5.39. The Balaban J connectivity index is 1.54. The summed E-state index contributed by atoms with van der Waals surface area (Å²) in [5.41, 5.74) is 6.65. The Bertz CT molecular complexity index is 1510. The molecule has 1 aliphatic carbocycles. The summed E-state index contributed by atoms with van der Waals surface area (Å²) in [5, 5.41) is 6.52. The molecule has 1 heterocycles. The largest absolute Gasteiger partial charge is 0.493 e. The molecule has 1 amide bonds. The number of rotatable bonds is 7. The number of allylic oxidation sites excluding steroid dienone is 3. The van der Waals surface area contributed by atoms with Crippen LogP contribution in [0.3, 0.4) is 0 Å². The van der Waals surface area contributed by atoms with E-state index in [1.807, 2.05) is 86.8 Å². The van der Waals surface area contributed by atoms with E-state index >= 15 is 0 Å². The summed E-state index contributed by atoms with van der Waals surface area (Å²) in [6, 6.07) is 21.7. The van der Waals surface area contributed by atoms with Gasteiger partial charge in [0.25, 0.3) is 5.91 Å². The summed E-state index contributed by atoms with van der Waals surface area (Å²) in [7, 11) is 3.22. The number of dihydropyridines is 1. The number of hydrogen-bond donors (Lipinski definition) is 2. The lowest BCUT2D eigenvalue weighted by Crippen LogP contribution is -2.37. The molecule has 1 aliphatic heterocycles. The number of ether oxygens (including phenoxy) is 2. The summed E-state index contributed by atoms with van der Waals surface area (Å²) < 4.78 is 10.9. The SMILES string of the molecule is COc1ccc([C@H]2CC(=O)C3=C(C2)NC(C)=C(C(=O)Nc2ccc(C)cc2)[C@@H]3c2ccc(SC)cc2)cc1OC. The van der Waals surface area contributed by atoms with Crippen molar-refractivity contribution in [3.05, 3.63) is 106 Å². The fourth-order valence-electron chi connectivity index (χ4n) is 5.65. The average Bonchev–Trinajstić information content (AvgIpc) is 2.97. The van der Waals surface area contributed by atoms with Crippen LogP contribution < -0.4 is 20.1 Å². The van der Waals surface area contributed by atoms with Crippen molar-refractivity contribution in [1.82, 2.24) is 5.32 Å². The van der Waals surface area contributed by atoms with Crippen LogP contribution in [-0.4, -0.2) is 32.2 Å². The number of thioether (sulfide) groups is 1. The Morgan fingerprint density at radius 2 is 1.57 bits per heavy atom. The monoisotopic (exact) mass is 554 g/mol. The van der Waals surface area contributed by atoms with E-state index in [9.17, 15) is 9.59 Å². The first-order valence-electron chi connectivity index (χ1n) is 13.3. The number of carbonyl (C=O) groups excluding carboxylic acids is 2. The molecule has 5 rings (SSSR count). The Labute approximate surface area is 239 Å². The standard InChI is InChI=1S/C33H34N2O4S/c1-19-6-11-24(12-7-19)35-33(37)30-20(2)34-26-16-23(22-10-15-28(38-3)29(18-22)39-4)17-27(36)32(26)31(30)21-8-13-25(40-5)14-9-21/h6-15,18,23,31,34H,16-17H2,1-5H3,(H,35,37)/t23-,31+/m1/s1. The lowest BCUT2D eigenvalue weighted by Gasteiger charge is -2.37. The number of ketones is 1. The van der Waals surface area contributed by atoms with E-state index in [1.54, 1.807) is 26.0 Å². The molecule has 0 spiro atoms. The zero-order valence-electron chi connectivity index (χ0n) is 23.5. The zero-order valence-corrected chi connectivity index (χ0v) is 24.3. The lowest BCUT2D eigenvalue weighted by molar-refractivity contribution is -0.116. The number of benzene rings is 3. The number of methoxy groups -OCH3 is 2. The first-order valence-corrected chi connectivity index (χ1v) is 14.5. The number of hydrogen-bond acceptors (Lipinski definition) is 6. The quantitative estimate of drug-likeness (QED) is 0.315. The second-order valence-corrected chi connectivity index (χ2v) is 11.1. The summed E-state index contributed by atoms with van der Waals surface area (Å²) in [4.78, 5) is 28.9. The molecule has 0 unspecified atom stereocenters. The van der Waals surface area contributed by atoms with Crippen LogP contribution in [0.1, 0.15) is 48.3 Å². The highest BCUT2D eigenvalue weighted by molar-refractivity contribution is 7.98. The van der Waals surface area contributed by atoms with Crippen LogP contribution in [0, 0.1) is 6.92 Å². The highest BCUT2D eigenvalue weighted by atomic mass is 32.2. The van der Waals surface area contributed by atoms with Gasteiger partial charge in [-0.15, -0.1) is 11.8 Å². The second kappa shape index (κ2) is 11.6. The highest BCUT2D eigenvalue weighted by Gasteiger charge is 2.41. The van der Waals surface area contributed by atoms with Crippen LogP contribution >= 0.6 is 11.8 Å². The molecule has 40 heavy (non-hydrogen) atoms. The van der Waals surface area contributed by atoms with Crippen LogP contribution in [-0.2, 0) is 9.59 Å². The summed E-state index contributed by atoms with van der Waals surface area (Å²) in [6.07, 6.45) is 3.03. The lowest BCUT2D eigenvalue weighted by atomic mass is 9.71. The summed E-state index contributed by atoms with van der Waals surface area (Å²) >= 11 is 1.66. The van der Waals surface area contributed by atoms with E-state index < -0.39 is 5.92 Å². The molecular weight excluding hydrogens is 520 g/mol. The van der Waals surface area contributed by atoms with E-state index in [0.29, 0.717) is 35.5 Å². The van der Waals surface area contributed by atoms with Crippen LogP contribution in [0.4, 0.5) is 5.69 Å². The van der Waals surface area contributed by atoms with Crippen molar-refractivity contribution in [2.24, 2.45) is 0 Å². The zero-order chi connectivity index (χ0) is 28.4. The predicted molar refractivity (Wildman–Crippen MR) is 160 cm³/mol. The van der Waals surface area contributed by atoms with Crippen molar-refractivity contribution in [3.63, 3.8) is 0 Å². The third-order valence-corrected chi connectivity index (χ3v) is 8.45. The van der Waals surface area contributed by atoms with Crippen molar-refractivity contribution in [3.8, 4) is 11.5 Å². The van der Waals surface area contributed by atoms with Crippen molar-refractivity contribution < 1.29 is 19.1 Å². The minimum absolute atomic E-state index is 0.0196. The number of aryl methyl sites for hydroxylation is 1. The molecule has 0 fully saturated rings. The van der Waals surface area contributed by atoms with Gasteiger partial charge in [-0.1, -0.05) is 35.9 Å². The second-order valence-electron chi connectivity index (χ2n) is 10.2. The van der Waals surface area contributed by atoms with Crippen molar-refractivity contribution in [2.45, 2.75) is 43.4 Å². The molecule has 0 saturated carbocycles. The van der Waals surface area contributed by atoms with Crippen molar-refractivity contribution in [2.75, 3.05) is 25.8 Å². The smallest absolute Gasteiger partial charge is 0.254 e. The first kappa shape index (κ1) is 27.6. The predicted octanol–water partition coefficient (Wildman–Crippen LogP) is 6.73. The molecule has 206 valence electrons. The molecule has 2 N–H and O–H groups in total. The number of carbonyl (C=O) groups is 2. The molecule has 0 aromatic heterocycles. The topological polar surface area (TPSA) is 76.7 Å². The Kier molecular flexibility index (Phi) is 8.03. The molecule has 3 aromatic carbocycles. The number of amides is 1. The number of nitrogens with one attached hydrogen (secondary N) is 2. The molecule has 2 aliphatic rings. The molecule has 0 radical (unpaired) electrons. The number of anilines is 1. The summed E-state index contributed by atoms with van der Waals surface area (Å²) in [5.74, 6) is 0.641. The van der Waals surface area contributed by atoms with Crippen LogP contribution in [0.5, 0.6) is 11.5 Å². The number of Topliss-reactive ketones (excluding diaryl/α,β-unsaturated/α-hetero) is 1. The summed E-state index contributed by atoms with van der Waals surface area (Å²) in [6.45, 7) is 3.93. The van der Waals surface area contributed by atoms with Gasteiger partial charge in [0, 0.05) is 45.5 Å². The Hall–Kier alpha value is -3.97. The molecule has 0 bridgehead atoms. The molecular formula is C33H34N2O4S. The van der Waals surface area contributed by atoms with Crippen LogP contribution in [0.15, 0.2) is 94.2 Å². The maximum absolute atomic E-state index is 14.0. The van der Waals surface area contributed by atoms with Gasteiger partial charge in [-0.05, 0) is 80.0 Å². The molecule has 0 saturated heterocycles. The minimum Gasteiger partial charge on any atom is -0.493 e. The van der Waals surface area contributed by atoms with Crippen molar-refractivity contribution >= 4 is 29.1 Å². The fourth-order valence-corrected chi connectivity index (χ4v) is 6.06. The van der Waals surface area contributed by atoms with Gasteiger partial charge in [-0.3, -0.25) is 9.59 Å². The normalized spacial score (nSPS) is 18.7. The van der Waals surface area contributed by atoms with E-state index in [-0.39, 0.29) is 17.6 Å². The highest BCUT2D eigenvalue weighted by Crippen LogP contribution is 2.46. The Morgan fingerprint density at radius 3 is 2.23 bits per heavy atom. The van der Waals surface area contributed by atoms with Crippen LogP contribution in [0.2, 0.25) is 0 Å². The van der Waals surface area contributed by atoms with Gasteiger partial charge in [0.15, 0.2) is 17.3 Å². The van der Waals surface area contributed by atoms with E-state index in [2.05, 4.69) is 10.6 Å². The minimum atomic E-state index is -0.462. The molecule has 7 heteroatoms. The van der Waals surface area contributed by atoms with Gasteiger partial charge in [-0.25, -0.2) is 0 Å². The Morgan fingerprint density at radius 1 is 0.900 bits per heavy atom. The van der Waals surface area contributed by atoms with Gasteiger partial charge < -0.3 is 20.1 Å². The van der Waals surface area contributed by atoms with Gasteiger partial charge in [-0.2, -0.15) is 0 Å². The van der Waals surface area contributed by atoms with Gasteiger partial charge in [0.2, 0.25) is 0 Å². The molecule has 6 nitrogen and oxygen atoms in total. The molecule has 3 aromatic rings. The molecule has 2 atom stereocenters. The fraction of sp³-hybridized carbons (Fsp3) is 0.273. The maximum Gasteiger partial charge on any atom is 0.254 e.